The lowest BCUT2D eigenvalue weighted by atomic mass is 10.1. The van der Waals surface area contributed by atoms with Crippen molar-refractivity contribution in [2.24, 2.45) is 0 Å². The van der Waals surface area contributed by atoms with E-state index in [2.05, 4.69) is 23.6 Å². The van der Waals surface area contributed by atoms with Gasteiger partial charge in [-0.25, -0.2) is 0 Å². The Hall–Kier alpha value is -3.21. The minimum atomic E-state index is -0.135. The Morgan fingerprint density at radius 3 is 2.69 bits per heavy atom. The lowest BCUT2D eigenvalue weighted by Crippen LogP contribution is -1.98. The van der Waals surface area contributed by atoms with Gasteiger partial charge in [-0.3, -0.25) is 4.79 Å². The first-order chi connectivity index (χ1) is 15.5. The van der Waals surface area contributed by atoms with Crippen LogP contribution in [0.1, 0.15) is 28.4 Å². The summed E-state index contributed by atoms with van der Waals surface area (Å²) in [4.78, 5) is 12.9. The Morgan fingerprint density at radius 1 is 1.03 bits per heavy atom. The van der Waals surface area contributed by atoms with Crippen LogP contribution in [0.3, 0.4) is 0 Å². The summed E-state index contributed by atoms with van der Waals surface area (Å²) in [7, 11) is 0. The number of aryl methyl sites for hydroxylation is 1. The molecule has 1 aliphatic rings. The fourth-order valence-electron chi connectivity index (χ4n) is 3.85. The highest BCUT2D eigenvalue weighted by Crippen LogP contribution is 2.36. The molecule has 0 aliphatic carbocycles. The number of ether oxygens (including phenoxy) is 2. The summed E-state index contributed by atoms with van der Waals surface area (Å²) in [6, 6.07) is 18.7. The molecule has 0 atom stereocenters. The van der Waals surface area contributed by atoms with Gasteiger partial charge in [-0.15, -0.1) is 0 Å². The second kappa shape index (κ2) is 8.38. The first-order valence-electron chi connectivity index (χ1n) is 10.3. The van der Waals surface area contributed by atoms with Gasteiger partial charge in [-0.05, 0) is 48.9 Å². The monoisotopic (exact) mass is 463 g/mol. The first kappa shape index (κ1) is 20.7. The van der Waals surface area contributed by atoms with Gasteiger partial charge in [-0.2, -0.15) is 0 Å². The molecule has 0 fully saturated rings. The molecule has 4 nitrogen and oxygen atoms in total. The summed E-state index contributed by atoms with van der Waals surface area (Å²) in [6.45, 7) is 3.26. The van der Waals surface area contributed by atoms with Crippen LogP contribution in [0, 0.1) is 0 Å². The largest absolute Gasteiger partial charge is 0.489 e. The van der Waals surface area contributed by atoms with E-state index in [1.807, 2.05) is 30.5 Å². The molecular formula is C26H19Cl2NO3. The van der Waals surface area contributed by atoms with Crippen molar-refractivity contribution in [3.05, 3.63) is 99.4 Å². The van der Waals surface area contributed by atoms with Gasteiger partial charge in [0.25, 0.3) is 0 Å². The van der Waals surface area contributed by atoms with Crippen LogP contribution in [0.5, 0.6) is 11.5 Å². The topological polar surface area (TPSA) is 40.5 Å². The molecular weight excluding hydrogens is 445 g/mol. The van der Waals surface area contributed by atoms with Gasteiger partial charge in [0.05, 0.1) is 15.6 Å². The quantitative estimate of drug-likeness (QED) is 0.294. The Bertz CT molecular complexity index is 1390. The maximum Gasteiger partial charge on any atom is 0.231 e. The molecule has 0 unspecified atom stereocenters. The second-order valence-corrected chi connectivity index (χ2v) is 8.34. The summed E-state index contributed by atoms with van der Waals surface area (Å²) in [6.07, 6.45) is 3.86. The fourth-order valence-corrected chi connectivity index (χ4v) is 4.17. The van der Waals surface area contributed by atoms with Gasteiger partial charge >= 0.3 is 0 Å². The molecule has 0 radical (unpaired) electrons. The Balaban J connectivity index is 1.39. The third-order valence-corrected chi connectivity index (χ3v) is 6.22. The van der Waals surface area contributed by atoms with Gasteiger partial charge < -0.3 is 14.0 Å². The summed E-state index contributed by atoms with van der Waals surface area (Å²) in [5.41, 5.74) is 3.50. The van der Waals surface area contributed by atoms with Crippen molar-refractivity contribution in [1.29, 1.82) is 0 Å². The molecule has 1 aromatic heterocycles. The zero-order valence-corrected chi connectivity index (χ0v) is 18.8. The number of halogens is 2. The molecule has 0 spiro atoms. The molecule has 0 saturated carbocycles. The third-order valence-electron chi connectivity index (χ3n) is 5.48. The Morgan fingerprint density at radius 2 is 1.88 bits per heavy atom. The van der Waals surface area contributed by atoms with Crippen LogP contribution in [-0.2, 0) is 13.2 Å². The molecule has 32 heavy (non-hydrogen) atoms. The molecule has 0 saturated heterocycles. The normalized spacial score (nSPS) is 14.1. The minimum Gasteiger partial charge on any atom is -0.489 e. The lowest BCUT2D eigenvalue weighted by molar-refractivity contribution is 0.101. The molecule has 4 aromatic rings. The number of nitrogens with zero attached hydrogens (tertiary/aromatic N) is 1. The number of Topliss-reactive ketones (excluding diaryl/α,β-unsaturated/α-hetero) is 1. The van der Waals surface area contributed by atoms with E-state index in [1.165, 1.54) is 0 Å². The highest BCUT2D eigenvalue weighted by atomic mass is 35.5. The number of para-hydroxylation sites is 1. The SMILES string of the molecule is CCn1cc(/C=C2\Oc3cc(OCc4ccc(Cl)c(Cl)c4)ccc3C2=O)c2ccccc21. The van der Waals surface area contributed by atoms with Crippen molar-refractivity contribution < 1.29 is 14.3 Å². The molecule has 0 N–H and O–H groups in total. The number of rotatable bonds is 5. The molecule has 0 amide bonds. The number of allylic oxidation sites excluding steroid dienone is 1. The van der Waals surface area contributed by atoms with E-state index in [1.54, 1.807) is 30.3 Å². The van der Waals surface area contributed by atoms with Gasteiger partial charge in [-0.1, -0.05) is 47.5 Å². The fraction of sp³-hybridized carbons (Fsp3) is 0.115. The van der Waals surface area contributed by atoms with E-state index in [-0.39, 0.29) is 5.78 Å². The standard InChI is InChI=1S/C26H19Cl2NO3/c1-2-29-14-17(19-5-3-4-6-23(19)29)12-25-26(30)20-9-8-18(13-24(20)32-25)31-15-16-7-10-21(27)22(28)11-16/h3-14H,2,15H2,1H3/b25-12-. The van der Waals surface area contributed by atoms with E-state index in [9.17, 15) is 4.79 Å². The van der Waals surface area contributed by atoms with Crippen LogP contribution in [0.15, 0.2) is 72.6 Å². The van der Waals surface area contributed by atoms with E-state index < -0.39 is 0 Å². The second-order valence-electron chi connectivity index (χ2n) is 7.52. The zero-order chi connectivity index (χ0) is 22.2. The van der Waals surface area contributed by atoms with Crippen LogP contribution in [-0.4, -0.2) is 10.4 Å². The van der Waals surface area contributed by atoms with Crippen LogP contribution >= 0.6 is 23.2 Å². The summed E-state index contributed by atoms with van der Waals surface area (Å²) >= 11 is 12.0. The zero-order valence-electron chi connectivity index (χ0n) is 17.3. The Kier molecular flexibility index (Phi) is 5.41. The average molecular weight is 464 g/mol. The maximum atomic E-state index is 12.9. The predicted molar refractivity (Wildman–Crippen MR) is 128 cm³/mol. The number of ketones is 1. The average Bonchev–Trinajstić information content (AvgIpc) is 3.32. The summed E-state index contributed by atoms with van der Waals surface area (Å²) < 4.78 is 13.9. The number of hydrogen-bond acceptors (Lipinski definition) is 3. The number of aromatic nitrogens is 1. The molecule has 160 valence electrons. The number of benzene rings is 3. The summed E-state index contributed by atoms with van der Waals surface area (Å²) in [5, 5.41) is 2.07. The number of carbonyl (C=O) groups excluding carboxylic acids is 1. The summed E-state index contributed by atoms with van der Waals surface area (Å²) in [5.74, 6) is 1.27. The van der Waals surface area contributed by atoms with Crippen molar-refractivity contribution >= 4 is 46.0 Å². The van der Waals surface area contributed by atoms with Gasteiger partial charge in [0.1, 0.15) is 18.1 Å². The maximum absolute atomic E-state index is 12.9. The first-order valence-corrected chi connectivity index (χ1v) is 11.0. The molecule has 6 heteroatoms. The highest BCUT2D eigenvalue weighted by molar-refractivity contribution is 6.42. The number of fused-ring (bicyclic) bond motifs is 2. The smallest absolute Gasteiger partial charge is 0.231 e. The molecule has 0 bridgehead atoms. The predicted octanol–water partition coefficient (Wildman–Crippen LogP) is 7.16. The van der Waals surface area contributed by atoms with E-state index in [0.29, 0.717) is 39.5 Å². The van der Waals surface area contributed by atoms with Gasteiger partial charge in [0, 0.05) is 35.3 Å². The van der Waals surface area contributed by atoms with Crippen LogP contribution in [0.2, 0.25) is 10.0 Å². The van der Waals surface area contributed by atoms with Crippen LogP contribution in [0.4, 0.5) is 0 Å². The highest BCUT2D eigenvalue weighted by Gasteiger charge is 2.28. The van der Waals surface area contributed by atoms with Crippen LogP contribution < -0.4 is 9.47 Å². The van der Waals surface area contributed by atoms with E-state index in [0.717, 1.165) is 28.6 Å². The van der Waals surface area contributed by atoms with Crippen molar-refractivity contribution in [2.75, 3.05) is 0 Å². The van der Waals surface area contributed by atoms with Gasteiger partial charge in [0.2, 0.25) is 5.78 Å². The van der Waals surface area contributed by atoms with E-state index in [4.69, 9.17) is 32.7 Å². The third kappa shape index (κ3) is 3.77. The van der Waals surface area contributed by atoms with Gasteiger partial charge in [0.15, 0.2) is 5.76 Å². The van der Waals surface area contributed by atoms with E-state index >= 15 is 0 Å². The lowest BCUT2D eigenvalue weighted by Gasteiger charge is -2.08. The number of carbonyl (C=O) groups is 1. The van der Waals surface area contributed by atoms with Crippen molar-refractivity contribution in [3.8, 4) is 11.5 Å². The van der Waals surface area contributed by atoms with Crippen molar-refractivity contribution in [2.45, 2.75) is 20.1 Å². The van der Waals surface area contributed by atoms with Crippen molar-refractivity contribution in [1.82, 2.24) is 4.57 Å². The molecule has 3 aromatic carbocycles. The van der Waals surface area contributed by atoms with Crippen molar-refractivity contribution in [3.63, 3.8) is 0 Å². The molecule has 1 aliphatic heterocycles. The molecule has 5 rings (SSSR count). The van der Waals surface area contributed by atoms with Crippen LogP contribution in [0.25, 0.3) is 17.0 Å². The number of hydrogen-bond donors (Lipinski definition) is 0. The molecule has 2 heterocycles. The Labute approximate surface area is 195 Å². The minimum absolute atomic E-state index is 0.135.